The molecule has 0 radical (unpaired) electrons. The molecular formula is C8H8ClN3O2. The van der Waals surface area contributed by atoms with E-state index in [-0.39, 0.29) is 6.61 Å². The second-order valence-corrected chi connectivity index (χ2v) is 3.08. The predicted molar refractivity (Wildman–Crippen MR) is 50.5 cm³/mol. The van der Waals surface area contributed by atoms with Crippen LogP contribution in [0.15, 0.2) is 12.4 Å². The van der Waals surface area contributed by atoms with Crippen molar-refractivity contribution in [2.45, 2.75) is 6.61 Å². The molecule has 0 bridgehead atoms. The Bertz CT molecular complexity index is 469. The molecule has 6 heteroatoms. The van der Waals surface area contributed by atoms with Crippen molar-refractivity contribution in [1.29, 1.82) is 0 Å². The summed E-state index contributed by atoms with van der Waals surface area (Å²) in [5, 5.41) is 9.22. The van der Waals surface area contributed by atoms with Crippen LogP contribution in [0.2, 0.25) is 5.15 Å². The first kappa shape index (κ1) is 9.23. The zero-order valence-corrected chi connectivity index (χ0v) is 8.19. The van der Waals surface area contributed by atoms with Crippen LogP contribution in [0, 0.1) is 0 Å². The lowest BCUT2D eigenvalue weighted by Gasteiger charge is -2.00. The lowest BCUT2D eigenvalue weighted by atomic mass is 10.5. The van der Waals surface area contributed by atoms with Gasteiger partial charge in [-0.2, -0.15) is 4.98 Å². The van der Waals surface area contributed by atoms with Gasteiger partial charge in [0.2, 0.25) is 5.65 Å². The fourth-order valence-corrected chi connectivity index (χ4v) is 1.39. The number of hydrogen-bond donors (Lipinski definition) is 1. The Balaban J connectivity index is 2.71. The van der Waals surface area contributed by atoms with Crippen LogP contribution < -0.4 is 4.74 Å². The van der Waals surface area contributed by atoms with Crippen LogP contribution in [-0.2, 0) is 6.61 Å². The lowest BCUT2D eigenvalue weighted by molar-refractivity contribution is 0.277. The molecule has 0 unspecified atom stereocenters. The topological polar surface area (TPSA) is 59.7 Å². The minimum Gasteiger partial charge on any atom is -0.478 e. The van der Waals surface area contributed by atoms with Gasteiger partial charge in [0.05, 0.1) is 19.4 Å². The fourth-order valence-electron chi connectivity index (χ4n) is 1.20. The number of nitrogens with zero attached hydrogens (tertiary/aromatic N) is 3. The molecular weight excluding hydrogens is 206 g/mol. The first-order valence-corrected chi connectivity index (χ1v) is 4.31. The highest BCUT2D eigenvalue weighted by atomic mass is 35.5. The van der Waals surface area contributed by atoms with Gasteiger partial charge in [-0.25, -0.2) is 4.98 Å². The Morgan fingerprint density at radius 2 is 2.29 bits per heavy atom. The zero-order valence-electron chi connectivity index (χ0n) is 7.44. The van der Waals surface area contributed by atoms with E-state index in [1.807, 2.05) is 0 Å². The molecule has 0 aliphatic rings. The summed E-state index contributed by atoms with van der Waals surface area (Å²) in [5.74, 6) is 0.345. The number of rotatable bonds is 2. The molecule has 0 fully saturated rings. The molecule has 0 saturated carbocycles. The molecule has 2 aromatic rings. The summed E-state index contributed by atoms with van der Waals surface area (Å²) < 4.78 is 6.67. The van der Waals surface area contributed by atoms with Gasteiger partial charge in [-0.15, -0.1) is 0 Å². The highest BCUT2D eigenvalue weighted by Crippen LogP contribution is 2.19. The normalized spacial score (nSPS) is 10.8. The molecule has 74 valence electrons. The van der Waals surface area contributed by atoms with E-state index in [0.717, 1.165) is 0 Å². The monoisotopic (exact) mass is 213 g/mol. The maximum atomic E-state index is 8.90. The maximum absolute atomic E-state index is 8.90. The van der Waals surface area contributed by atoms with E-state index in [1.54, 1.807) is 16.8 Å². The summed E-state index contributed by atoms with van der Waals surface area (Å²) in [6, 6.07) is 0. The Morgan fingerprint density at radius 1 is 1.50 bits per heavy atom. The van der Waals surface area contributed by atoms with Gasteiger partial charge in [0.25, 0.3) is 5.88 Å². The summed E-state index contributed by atoms with van der Waals surface area (Å²) in [7, 11) is 1.49. The standard InChI is InChI=1S/C8H8ClN3O2/c1-14-8-7-10-5(4-13)2-12(7)3-6(9)11-8/h2-3,13H,4H2,1H3. The zero-order chi connectivity index (χ0) is 10.1. The van der Waals surface area contributed by atoms with Crippen LogP contribution in [0.25, 0.3) is 5.65 Å². The fraction of sp³-hybridized carbons (Fsp3) is 0.250. The minimum absolute atomic E-state index is 0.123. The van der Waals surface area contributed by atoms with Crippen molar-refractivity contribution in [3.63, 3.8) is 0 Å². The molecule has 2 aromatic heterocycles. The van der Waals surface area contributed by atoms with Crippen molar-refractivity contribution in [2.75, 3.05) is 7.11 Å². The van der Waals surface area contributed by atoms with Crippen LogP contribution >= 0.6 is 11.6 Å². The van der Waals surface area contributed by atoms with Crippen LogP contribution in [0.4, 0.5) is 0 Å². The Hall–Kier alpha value is -1.33. The molecule has 0 aromatic carbocycles. The number of aliphatic hydroxyl groups is 1. The van der Waals surface area contributed by atoms with Crippen molar-refractivity contribution in [3.8, 4) is 5.88 Å². The Kier molecular flexibility index (Phi) is 2.26. The van der Waals surface area contributed by atoms with E-state index in [2.05, 4.69) is 9.97 Å². The van der Waals surface area contributed by atoms with Crippen molar-refractivity contribution in [2.24, 2.45) is 0 Å². The van der Waals surface area contributed by atoms with Gasteiger partial charge < -0.3 is 9.84 Å². The van der Waals surface area contributed by atoms with Crippen molar-refractivity contribution in [3.05, 3.63) is 23.2 Å². The molecule has 0 spiro atoms. The average molecular weight is 214 g/mol. The summed E-state index contributed by atoms with van der Waals surface area (Å²) in [5.41, 5.74) is 1.09. The SMILES string of the molecule is COc1nc(Cl)cn2cc(CO)nc12. The van der Waals surface area contributed by atoms with Gasteiger partial charge in [-0.05, 0) is 0 Å². The third-order valence-corrected chi connectivity index (χ3v) is 1.96. The van der Waals surface area contributed by atoms with Crippen molar-refractivity contribution >= 4 is 17.2 Å². The van der Waals surface area contributed by atoms with Gasteiger partial charge in [-0.3, -0.25) is 4.40 Å². The molecule has 0 atom stereocenters. The highest BCUT2D eigenvalue weighted by molar-refractivity contribution is 6.29. The molecule has 0 aliphatic carbocycles. The van der Waals surface area contributed by atoms with E-state index in [1.165, 1.54) is 7.11 Å². The van der Waals surface area contributed by atoms with Gasteiger partial charge in [0.1, 0.15) is 5.15 Å². The summed E-state index contributed by atoms with van der Waals surface area (Å²) in [4.78, 5) is 8.06. The molecule has 14 heavy (non-hydrogen) atoms. The summed E-state index contributed by atoms with van der Waals surface area (Å²) in [6.45, 7) is -0.123. The summed E-state index contributed by atoms with van der Waals surface area (Å²) >= 11 is 5.75. The summed E-state index contributed by atoms with van der Waals surface area (Å²) in [6.07, 6.45) is 3.27. The van der Waals surface area contributed by atoms with E-state index in [4.69, 9.17) is 21.4 Å². The van der Waals surface area contributed by atoms with E-state index in [9.17, 15) is 0 Å². The van der Waals surface area contributed by atoms with Crippen molar-refractivity contribution in [1.82, 2.24) is 14.4 Å². The molecule has 0 aliphatic heterocycles. The molecule has 2 rings (SSSR count). The molecule has 0 amide bonds. The molecule has 0 saturated heterocycles. The van der Waals surface area contributed by atoms with Gasteiger partial charge in [-0.1, -0.05) is 11.6 Å². The van der Waals surface area contributed by atoms with Crippen molar-refractivity contribution < 1.29 is 9.84 Å². The smallest absolute Gasteiger partial charge is 0.259 e. The van der Waals surface area contributed by atoms with Gasteiger partial charge in [0, 0.05) is 12.4 Å². The van der Waals surface area contributed by atoms with E-state index in [0.29, 0.717) is 22.4 Å². The molecule has 2 heterocycles. The number of halogens is 1. The number of aliphatic hydroxyl groups excluding tert-OH is 1. The average Bonchev–Trinajstić information content (AvgIpc) is 2.59. The second kappa shape index (κ2) is 3.43. The lowest BCUT2D eigenvalue weighted by Crippen LogP contribution is -1.93. The van der Waals surface area contributed by atoms with Crippen LogP contribution in [0.5, 0.6) is 5.88 Å². The number of hydrogen-bond acceptors (Lipinski definition) is 4. The Labute approximate surface area is 84.9 Å². The van der Waals surface area contributed by atoms with E-state index >= 15 is 0 Å². The van der Waals surface area contributed by atoms with Gasteiger partial charge in [0.15, 0.2) is 0 Å². The Morgan fingerprint density at radius 3 is 2.93 bits per heavy atom. The minimum atomic E-state index is -0.123. The largest absolute Gasteiger partial charge is 0.478 e. The molecule has 1 N–H and O–H groups in total. The third-order valence-electron chi connectivity index (χ3n) is 1.78. The van der Waals surface area contributed by atoms with Gasteiger partial charge >= 0.3 is 0 Å². The number of ether oxygens (including phenoxy) is 1. The first-order valence-electron chi connectivity index (χ1n) is 3.93. The van der Waals surface area contributed by atoms with E-state index < -0.39 is 0 Å². The maximum Gasteiger partial charge on any atom is 0.259 e. The number of methoxy groups -OCH3 is 1. The van der Waals surface area contributed by atoms with Crippen LogP contribution in [-0.4, -0.2) is 26.6 Å². The number of fused-ring (bicyclic) bond motifs is 1. The third kappa shape index (κ3) is 1.40. The van der Waals surface area contributed by atoms with Crippen LogP contribution in [0.3, 0.4) is 0 Å². The quantitative estimate of drug-likeness (QED) is 0.805. The highest BCUT2D eigenvalue weighted by Gasteiger charge is 2.09. The predicted octanol–water partition coefficient (Wildman–Crippen LogP) is 0.884. The second-order valence-electron chi connectivity index (χ2n) is 2.69. The molecule has 5 nitrogen and oxygen atoms in total. The first-order chi connectivity index (χ1) is 6.74. The number of aromatic nitrogens is 3. The van der Waals surface area contributed by atoms with Crippen LogP contribution in [0.1, 0.15) is 5.69 Å². The number of imidazole rings is 1.